The van der Waals surface area contributed by atoms with Crippen molar-refractivity contribution in [3.05, 3.63) is 0 Å². The van der Waals surface area contributed by atoms with Gasteiger partial charge < -0.3 is 10.1 Å². The van der Waals surface area contributed by atoms with Crippen LogP contribution in [-0.2, 0) is 19.1 Å². The highest BCUT2D eigenvalue weighted by Crippen LogP contribution is 2.09. The zero-order valence-electron chi connectivity index (χ0n) is 12.3. The Morgan fingerprint density at radius 3 is 2.55 bits per heavy atom. The van der Waals surface area contributed by atoms with Gasteiger partial charge in [-0.05, 0) is 12.3 Å². The summed E-state index contributed by atoms with van der Waals surface area (Å²) in [7, 11) is 2.78. The lowest BCUT2D eigenvalue weighted by molar-refractivity contribution is -0.145. The lowest BCUT2D eigenvalue weighted by atomic mass is 10.0. The van der Waals surface area contributed by atoms with E-state index in [1.807, 2.05) is 13.8 Å². The molecule has 1 heterocycles. The molecule has 1 aliphatic heterocycles. The molecule has 1 atom stereocenters. The lowest BCUT2D eigenvalue weighted by Crippen LogP contribution is -2.46. The number of carbonyl (C=O) groups excluding carboxylic acids is 3. The molecule has 0 spiro atoms. The molecular weight excluding hydrogens is 262 g/mol. The zero-order valence-corrected chi connectivity index (χ0v) is 12.3. The third-order valence-corrected chi connectivity index (χ3v) is 2.97. The van der Waals surface area contributed by atoms with Gasteiger partial charge in [0, 0.05) is 19.9 Å². The van der Waals surface area contributed by atoms with Crippen LogP contribution < -0.4 is 5.32 Å². The van der Waals surface area contributed by atoms with E-state index in [4.69, 9.17) is 0 Å². The molecule has 1 N–H and O–H groups in total. The SMILES string of the molecule is COC(=O)C(CC(C)C)NC(=O)C1=NN(C)C(=O)CC1. The number of nitrogens with zero attached hydrogens (tertiary/aromatic N) is 2. The number of ether oxygens (including phenoxy) is 1. The van der Waals surface area contributed by atoms with Crippen LogP contribution in [0, 0.1) is 5.92 Å². The summed E-state index contributed by atoms with van der Waals surface area (Å²) in [5.74, 6) is -0.807. The summed E-state index contributed by atoms with van der Waals surface area (Å²) >= 11 is 0. The minimum absolute atomic E-state index is 0.131. The normalized spacial score (nSPS) is 16.8. The smallest absolute Gasteiger partial charge is 0.328 e. The molecule has 1 rings (SSSR count). The molecule has 112 valence electrons. The van der Waals surface area contributed by atoms with Gasteiger partial charge in [0.2, 0.25) is 5.91 Å². The Labute approximate surface area is 118 Å². The lowest BCUT2D eigenvalue weighted by Gasteiger charge is -2.22. The van der Waals surface area contributed by atoms with E-state index in [0.717, 1.165) is 5.01 Å². The van der Waals surface area contributed by atoms with Gasteiger partial charge in [0.1, 0.15) is 11.8 Å². The molecule has 0 saturated heterocycles. The highest BCUT2D eigenvalue weighted by atomic mass is 16.5. The number of amides is 2. The Hall–Kier alpha value is -1.92. The first-order chi connectivity index (χ1) is 9.35. The van der Waals surface area contributed by atoms with E-state index >= 15 is 0 Å². The number of methoxy groups -OCH3 is 1. The van der Waals surface area contributed by atoms with E-state index in [0.29, 0.717) is 6.42 Å². The summed E-state index contributed by atoms with van der Waals surface area (Å²) in [5.41, 5.74) is 0.254. The van der Waals surface area contributed by atoms with Crippen molar-refractivity contribution in [2.24, 2.45) is 11.0 Å². The van der Waals surface area contributed by atoms with Crippen molar-refractivity contribution in [2.75, 3.05) is 14.2 Å². The number of hydrazone groups is 1. The van der Waals surface area contributed by atoms with Gasteiger partial charge in [0.15, 0.2) is 0 Å². The summed E-state index contributed by atoms with van der Waals surface area (Å²) in [4.78, 5) is 35.0. The Bertz CT molecular complexity index is 431. The molecule has 0 aromatic carbocycles. The molecule has 0 aromatic rings. The summed E-state index contributed by atoms with van der Waals surface area (Å²) in [6, 6.07) is -0.696. The maximum atomic E-state index is 12.1. The van der Waals surface area contributed by atoms with Crippen molar-refractivity contribution >= 4 is 23.5 Å². The zero-order chi connectivity index (χ0) is 15.3. The van der Waals surface area contributed by atoms with Crippen molar-refractivity contribution in [1.82, 2.24) is 10.3 Å². The van der Waals surface area contributed by atoms with Crippen LogP contribution in [0.1, 0.15) is 33.1 Å². The Kier molecular flexibility index (Phi) is 5.66. The maximum Gasteiger partial charge on any atom is 0.328 e. The fourth-order valence-corrected chi connectivity index (χ4v) is 1.90. The fourth-order valence-electron chi connectivity index (χ4n) is 1.90. The summed E-state index contributed by atoms with van der Waals surface area (Å²) in [5, 5.41) is 7.69. The second kappa shape index (κ2) is 7.02. The number of esters is 1. The minimum Gasteiger partial charge on any atom is -0.467 e. The molecule has 0 aliphatic carbocycles. The third-order valence-electron chi connectivity index (χ3n) is 2.97. The van der Waals surface area contributed by atoms with Crippen LogP contribution in [0.3, 0.4) is 0 Å². The molecule has 7 nitrogen and oxygen atoms in total. The van der Waals surface area contributed by atoms with Crippen LogP contribution in [0.2, 0.25) is 0 Å². The van der Waals surface area contributed by atoms with Crippen LogP contribution in [-0.4, -0.2) is 48.7 Å². The maximum absolute atomic E-state index is 12.1. The van der Waals surface area contributed by atoms with Crippen molar-refractivity contribution in [1.29, 1.82) is 0 Å². The predicted molar refractivity (Wildman–Crippen MR) is 72.8 cm³/mol. The van der Waals surface area contributed by atoms with Crippen LogP contribution >= 0.6 is 0 Å². The van der Waals surface area contributed by atoms with Crippen LogP contribution in [0.15, 0.2) is 5.10 Å². The Balaban J connectivity index is 2.73. The molecule has 0 bridgehead atoms. The van der Waals surface area contributed by atoms with Gasteiger partial charge in [-0.25, -0.2) is 9.80 Å². The van der Waals surface area contributed by atoms with Gasteiger partial charge in [-0.1, -0.05) is 13.8 Å². The fraction of sp³-hybridized carbons (Fsp3) is 0.692. The average molecular weight is 283 g/mol. The number of carbonyl (C=O) groups is 3. The largest absolute Gasteiger partial charge is 0.467 e. The quantitative estimate of drug-likeness (QED) is 0.735. The standard InChI is InChI=1S/C13H21N3O4/c1-8(2)7-10(13(19)20-4)14-12(18)9-5-6-11(17)16(3)15-9/h8,10H,5-7H2,1-4H3,(H,14,18). The first-order valence-corrected chi connectivity index (χ1v) is 6.57. The van der Waals surface area contributed by atoms with E-state index in [1.165, 1.54) is 14.2 Å². The second-order valence-corrected chi connectivity index (χ2v) is 5.14. The number of hydrogen-bond donors (Lipinski definition) is 1. The van der Waals surface area contributed by atoms with E-state index in [2.05, 4.69) is 15.2 Å². The number of hydrogen-bond acceptors (Lipinski definition) is 5. The average Bonchev–Trinajstić information content (AvgIpc) is 2.39. The van der Waals surface area contributed by atoms with Gasteiger partial charge in [-0.3, -0.25) is 9.59 Å². The van der Waals surface area contributed by atoms with E-state index in [1.54, 1.807) is 0 Å². The Morgan fingerprint density at radius 2 is 2.05 bits per heavy atom. The van der Waals surface area contributed by atoms with Crippen LogP contribution in [0.25, 0.3) is 0 Å². The summed E-state index contributed by atoms with van der Waals surface area (Å²) < 4.78 is 4.68. The summed E-state index contributed by atoms with van der Waals surface area (Å²) in [6.07, 6.45) is 1.01. The first kappa shape index (κ1) is 16.1. The van der Waals surface area contributed by atoms with Gasteiger partial charge >= 0.3 is 5.97 Å². The molecule has 0 saturated carbocycles. The first-order valence-electron chi connectivity index (χ1n) is 6.57. The highest BCUT2D eigenvalue weighted by molar-refractivity contribution is 6.39. The van der Waals surface area contributed by atoms with E-state index in [9.17, 15) is 14.4 Å². The molecule has 20 heavy (non-hydrogen) atoms. The van der Waals surface area contributed by atoms with Gasteiger partial charge in [-0.15, -0.1) is 0 Å². The molecular formula is C13H21N3O4. The van der Waals surface area contributed by atoms with E-state index in [-0.39, 0.29) is 30.4 Å². The monoisotopic (exact) mass is 283 g/mol. The van der Waals surface area contributed by atoms with Gasteiger partial charge in [-0.2, -0.15) is 5.10 Å². The van der Waals surface area contributed by atoms with Crippen molar-refractivity contribution in [2.45, 2.75) is 39.2 Å². The summed E-state index contributed by atoms with van der Waals surface area (Å²) in [6.45, 7) is 3.90. The van der Waals surface area contributed by atoms with Gasteiger partial charge in [0.25, 0.3) is 5.91 Å². The third kappa shape index (κ3) is 4.32. The topological polar surface area (TPSA) is 88.1 Å². The number of nitrogens with one attached hydrogen (secondary N) is 1. The minimum atomic E-state index is -0.696. The van der Waals surface area contributed by atoms with E-state index < -0.39 is 17.9 Å². The molecule has 0 aromatic heterocycles. The highest BCUT2D eigenvalue weighted by Gasteiger charge is 2.27. The molecule has 2 amide bonds. The second-order valence-electron chi connectivity index (χ2n) is 5.14. The number of rotatable bonds is 5. The van der Waals surface area contributed by atoms with Crippen molar-refractivity contribution in [3.8, 4) is 0 Å². The van der Waals surface area contributed by atoms with Crippen LogP contribution in [0.4, 0.5) is 0 Å². The van der Waals surface area contributed by atoms with Crippen molar-refractivity contribution in [3.63, 3.8) is 0 Å². The van der Waals surface area contributed by atoms with Crippen molar-refractivity contribution < 1.29 is 19.1 Å². The Morgan fingerprint density at radius 1 is 1.40 bits per heavy atom. The molecule has 1 aliphatic rings. The molecule has 0 radical (unpaired) electrons. The van der Waals surface area contributed by atoms with Crippen LogP contribution in [0.5, 0.6) is 0 Å². The molecule has 7 heteroatoms. The van der Waals surface area contributed by atoms with Gasteiger partial charge in [0.05, 0.1) is 7.11 Å². The molecule has 0 fully saturated rings. The molecule has 1 unspecified atom stereocenters. The predicted octanol–water partition coefficient (Wildman–Crippen LogP) is 0.298.